The largest absolute Gasteiger partial charge is 0.347 e. The molecule has 0 atom stereocenters. The Hall–Kier alpha value is -2.95. The van der Waals surface area contributed by atoms with E-state index < -0.39 is 0 Å². The molecule has 4 nitrogen and oxygen atoms in total. The first kappa shape index (κ1) is 18.4. The van der Waals surface area contributed by atoms with Crippen LogP contribution >= 0.6 is 0 Å². The van der Waals surface area contributed by atoms with E-state index in [1.54, 1.807) is 42.5 Å². The van der Waals surface area contributed by atoms with Crippen LogP contribution in [0, 0.1) is 5.82 Å². The van der Waals surface area contributed by atoms with Gasteiger partial charge < -0.3 is 10.6 Å². The lowest BCUT2D eigenvalue weighted by Gasteiger charge is -2.21. The Kier molecular flexibility index (Phi) is 5.70. The van der Waals surface area contributed by atoms with Crippen molar-refractivity contribution >= 4 is 23.6 Å². The summed E-state index contributed by atoms with van der Waals surface area (Å²) in [5.41, 5.74) is 1.14. The van der Waals surface area contributed by atoms with Crippen LogP contribution in [-0.2, 0) is 4.79 Å². The van der Waals surface area contributed by atoms with E-state index in [0.717, 1.165) is 0 Å². The van der Waals surface area contributed by atoms with Crippen molar-refractivity contribution in [2.24, 2.45) is 0 Å². The minimum atomic E-state index is -0.378. The number of carbonyl (C=O) groups is 2. The monoisotopic (exact) mass is 340 g/mol. The van der Waals surface area contributed by atoms with Crippen LogP contribution in [0.25, 0.3) is 6.08 Å². The Morgan fingerprint density at radius 1 is 1.00 bits per heavy atom. The lowest BCUT2D eigenvalue weighted by molar-refractivity contribution is -0.111. The minimum Gasteiger partial charge on any atom is -0.347 e. The molecule has 2 amide bonds. The highest BCUT2D eigenvalue weighted by Crippen LogP contribution is 2.16. The fourth-order valence-corrected chi connectivity index (χ4v) is 2.12. The van der Waals surface area contributed by atoms with Crippen molar-refractivity contribution in [2.45, 2.75) is 26.3 Å². The molecule has 2 aromatic carbocycles. The van der Waals surface area contributed by atoms with Gasteiger partial charge in [-0.1, -0.05) is 24.3 Å². The Balaban J connectivity index is 2.10. The van der Waals surface area contributed by atoms with E-state index in [2.05, 4.69) is 10.6 Å². The molecule has 0 heterocycles. The van der Waals surface area contributed by atoms with Crippen LogP contribution in [0.4, 0.5) is 10.1 Å². The van der Waals surface area contributed by atoms with E-state index in [1.165, 1.54) is 18.2 Å². The van der Waals surface area contributed by atoms with E-state index >= 15 is 0 Å². The third-order valence-electron chi connectivity index (χ3n) is 3.22. The highest BCUT2D eigenvalue weighted by atomic mass is 19.1. The van der Waals surface area contributed by atoms with Crippen molar-refractivity contribution in [1.29, 1.82) is 0 Å². The lowest BCUT2D eigenvalue weighted by Crippen LogP contribution is -2.40. The van der Waals surface area contributed by atoms with Gasteiger partial charge in [0.1, 0.15) is 5.82 Å². The Bertz CT molecular complexity index is 790. The summed E-state index contributed by atoms with van der Waals surface area (Å²) >= 11 is 0. The molecule has 0 aliphatic rings. The van der Waals surface area contributed by atoms with Crippen LogP contribution in [0.5, 0.6) is 0 Å². The molecule has 25 heavy (non-hydrogen) atoms. The molecule has 2 rings (SSSR count). The summed E-state index contributed by atoms with van der Waals surface area (Å²) in [7, 11) is 0. The van der Waals surface area contributed by atoms with Gasteiger partial charge in [-0.2, -0.15) is 0 Å². The van der Waals surface area contributed by atoms with E-state index in [-0.39, 0.29) is 23.2 Å². The smallest absolute Gasteiger partial charge is 0.253 e. The topological polar surface area (TPSA) is 58.2 Å². The fraction of sp³-hybridized carbons (Fsp3) is 0.200. The third kappa shape index (κ3) is 5.88. The Morgan fingerprint density at radius 2 is 1.64 bits per heavy atom. The number of benzene rings is 2. The lowest BCUT2D eigenvalue weighted by atomic mass is 10.1. The summed E-state index contributed by atoms with van der Waals surface area (Å²) in [6, 6.07) is 12.6. The molecular weight excluding hydrogens is 319 g/mol. The van der Waals surface area contributed by atoms with Gasteiger partial charge in [0.25, 0.3) is 5.91 Å². The molecule has 130 valence electrons. The highest BCUT2D eigenvalue weighted by molar-refractivity contribution is 6.07. The van der Waals surface area contributed by atoms with Gasteiger partial charge in [0.05, 0.1) is 11.3 Å². The molecule has 2 N–H and O–H groups in total. The first-order valence-corrected chi connectivity index (χ1v) is 7.91. The molecule has 0 saturated heterocycles. The molecule has 0 aliphatic carbocycles. The van der Waals surface area contributed by atoms with E-state index in [0.29, 0.717) is 16.8 Å². The first-order chi connectivity index (χ1) is 11.7. The summed E-state index contributed by atoms with van der Waals surface area (Å²) in [5.74, 6) is -0.966. The van der Waals surface area contributed by atoms with Crippen LogP contribution in [-0.4, -0.2) is 17.4 Å². The first-order valence-electron chi connectivity index (χ1n) is 7.91. The third-order valence-corrected chi connectivity index (χ3v) is 3.22. The second kappa shape index (κ2) is 7.75. The maximum atomic E-state index is 12.9. The van der Waals surface area contributed by atoms with Crippen LogP contribution < -0.4 is 10.6 Å². The second-order valence-electron chi connectivity index (χ2n) is 6.62. The SMILES string of the molecule is CC(C)(C)NC(=O)c1ccccc1NC(=O)C=Cc1ccc(F)cc1. The molecular formula is C20H21FN2O2. The van der Waals surface area contributed by atoms with Gasteiger partial charge in [0.15, 0.2) is 0 Å². The predicted octanol–water partition coefficient (Wildman–Crippen LogP) is 4.01. The number of rotatable bonds is 4. The molecule has 0 radical (unpaired) electrons. The Morgan fingerprint density at radius 3 is 2.28 bits per heavy atom. The zero-order chi connectivity index (χ0) is 18.4. The van der Waals surface area contributed by atoms with Crippen molar-refractivity contribution in [2.75, 3.05) is 5.32 Å². The number of nitrogens with one attached hydrogen (secondary N) is 2. The van der Waals surface area contributed by atoms with Crippen LogP contribution in [0.2, 0.25) is 0 Å². The molecule has 0 unspecified atom stereocenters. The van der Waals surface area contributed by atoms with Crippen molar-refractivity contribution in [3.05, 3.63) is 71.6 Å². The predicted molar refractivity (Wildman–Crippen MR) is 97.7 cm³/mol. The molecule has 5 heteroatoms. The van der Waals surface area contributed by atoms with Crippen molar-refractivity contribution < 1.29 is 14.0 Å². The van der Waals surface area contributed by atoms with E-state index in [4.69, 9.17) is 0 Å². The van der Waals surface area contributed by atoms with E-state index in [9.17, 15) is 14.0 Å². The highest BCUT2D eigenvalue weighted by Gasteiger charge is 2.18. The molecule has 0 saturated carbocycles. The molecule has 0 spiro atoms. The molecule has 0 fully saturated rings. The van der Waals surface area contributed by atoms with Gasteiger partial charge in [-0.05, 0) is 56.7 Å². The molecule has 2 aromatic rings. The van der Waals surface area contributed by atoms with Crippen LogP contribution in [0.15, 0.2) is 54.6 Å². The zero-order valence-corrected chi connectivity index (χ0v) is 14.5. The van der Waals surface area contributed by atoms with Crippen LogP contribution in [0.3, 0.4) is 0 Å². The summed E-state index contributed by atoms with van der Waals surface area (Å²) < 4.78 is 12.9. The molecule has 0 aliphatic heterocycles. The van der Waals surface area contributed by atoms with Crippen molar-refractivity contribution in [3.8, 4) is 0 Å². The molecule has 0 aromatic heterocycles. The maximum Gasteiger partial charge on any atom is 0.253 e. The average Bonchev–Trinajstić information content (AvgIpc) is 2.53. The maximum absolute atomic E-state index is 12.9. The average molecular weight is 340 g/mol. The number of amides is 2. The van der Waals surface area contributed by atoms with Gasteiger partial charge >= 0.3 is 0 Å². The zero-order valence-electron chi connectivity index (χ0n) is 14.5. The number of hydrogen-bond acceptors (Lipinski definition) is 2. The second-order valence-corrected chi connectivity index (χ2v) is 6.62. The quantitative estimate of drug-likeness (QED) is 0.826. The minimum absolute atomic E-state index is 0.258. The van der Waals surface area contributed by atoms with Gasteiger partial charge in [-0.25, -0.2) is 4.39 Å². The number of para-hydroxylation sites is 1. The van der Waals surface area contributed by atoms with Gasteiger partial charge in [-0.3, -0.25) is 9.59 Å². The van der Waals surface area contributed by atoms with Gasteiger partial charge in [0.2, 0.25) is 5.91 Å². The summed E-state index contributed by atoms with van der Waals surface area (Å²) in [5, 5.41) is 5.57. The summed E-state index contributed by atoms with van der Waals surface area (Å²) in [4.78, 5) is 24.5. The van der Waals surface area contributed by atoms with E-state index in [1.807, 2.05) is 20.8 Å². The Labute approximate surface area is 146 Å². The summed E-state index contributed by atoms with van der Waals surface area (Å²) in [6.45, 7) is 5.66. The number of carbonyl (C=O) groups excluding carboxylic acids is 2. The normalized spacial score (nSPS) is 11.4. The fourth-order valence-electron chi connectivity index (χ4n) is 2.12. The van der Waals surface area contributed by atoms with Crippen molar-refractivity contribution in [3.63, 3.8) is 0 Å². The number of halogens is 1. The number of hydrogen-bond donors (Lipinski definition) is 2. The molecule has 0 bridgehead atoms. The summed E-state index contributed by atoms with van der Waals surface area (Å²) in [6.07, 6.45) is 2.91. The van der Waals surface area contributed by atoms with Crippen LogP contribution in [0.1, 0.15) is 36.7 Å². The number of anilines is 1. The van der Waals surface area contributed by atoms with Gasteiger partial charge in [-0.15, -0.1) is 0 Å². The standard InChI is InChI=1S/C20H21FN2O2/c1-20(2,3)23-19(25)16-6-4-5-7-17(16)22-18(24)13-10-14-8-11-15(21)12-9-14/h4-13H,1-3H3,(H,22,24)(H,23,25). The van der Waals surface area contributed by atoms with Crippen molar-refractivity contribution in [1.82, 2.24) is 5.32 Å². The van der Waals surface area contributed by atoms with Gasteiger partial charge in [0, 0.05) is 11.6 Å².